The molecule has 0 bridgehead atoms. The average molecular weight is 280 g/mol. The first-order valence-electron chi connectivity index (χ1n) is 6.68. The van der Waals surface area contributed by atoms with E-state index in [1.165, 1.54) is 12.1 Å². The Kier molecular flexibility index (Phi) is 2.45. The number of hydrogen-bond donors (Lipinski definition) is 0. The summed E-state index contributed by atoms with van der Waals surface area (Å²) in [5, 5.41) is 3.57. The molecule has 0 heterocycles. The lowest BCUT2D eigenvalue weighted by molar-refractivity contribution is -0.112. The molecule has 0 saturated heterocycles. The minimum atomic E-state index is -0.451. The van der Waals surface area contributed by atoms with E-state index in [-0.39, 0.29) is 18.0 Å². The summed E-state index contributed by atoms with van der Waals surface area (Å²) in [6.45, 7) is 0. The average Bonchev–Trinajstić information content (AvgIpc) is 2.46. The smallest absolute Gasteiger partial charge is 0.163 e. The highest BCUT2D eigenvalue weighted by molar-refractivity contribution is 6.12. The molecule has 3 aromatic rings. The van der Waals surface area contributed by atoms with Crippen LogP contribution in [0.1, 0.15) is 6.42 Å². The highest BCUT2D eigenvalue weighted by Gasteiger charge is 2.13. The maximum Gasteiger partial charge on any atom is 0.163 e. The Labute approximate surface area is 118 Å². The lowest BCUT2D eigenvalue weighted by Gasteiger charge is -2.08. The molecule has 21 heavy (non-hydrogen) atoms. The van der Waals surface area contributed by atoms with Crippen molar-refractivity contribution >= 4 is 39.2 Å². The summed E-state index contributed by atoms with van der Waals surface area (Å²) in [5.74, 6) is -1.10. The molecule has 0 fully saturated rings. The Bertz CT molecular complexity index is 1050. The second kappa shape index (κ2) is 4.22. The molecule has 0 spiro atoms. The molecule has 0 aliphatic heterocycles. The van der Waals surface area contributed by atoms with Crippen molar-refractivity contribution in [2.24, 2.45) is 0 Å². The molecule has 0 radical (unpaired) electrons. The summed E-state index contributed by atoms with van der Waals surface area (Å²) in [6, 6.07) is 12.1. The SMILES string of the molecule is O=C1C=c2cc3c(F)cc4ccccc4c3cc2=C(F)C1. The van der Waals surface area contributed by atoms with Gasteiger partial charge >= 0.3 is 0 Å². The predicted octanol–water partition coefficient (Wildman–Crippen LogP) is 2.96. The van der Waals surface area contributed by atoms with Crippen molar-refractivity contribution in [2.75, 3.05) is 0 Å². The van der Waals surface area contributed by atoms with Crippen LogP contribution < -0.4 is 10.4 Å². The maximum absolute atomic E-state index is 14.3. The zero-order valence-corrected chi connectivity index (χ0v) is 11.0. The fraction of sp³-hybridized carbons (Fsp3) is 0.0556. The zero-order valence-electron chi connectivity index (χ0n) is 11.0. The van der Waals surface area contributed by atoms with Crippen LogP contribution in [0, 0.1) is 5.82 Å². The molecule has 1 aliphatic rings. The fourth-order valence-corrected chi connectivity index (χ4v) is 2.95. The summed E-state index contributed by atoms with van der Waals surface area (Å²) >= 11 is 0. The molecule has 1 aliphatic carbocycles. The van der Waals surface area contributed by atoms with E-state index in [2.05, 4.69) is 0 Å². The molecule has 0 unspecified atom stereocenters. The van der Waals surface area contributed by atoms with Crippen molar-refractivity contribution in [3.63, 3.8) is 0 Å². The lowest BCUT2D eigenvalue weighted by Crippen LogP contribution is -2.31. The number of benzene rings is 3. The molecule has 4 rings (SSSR count). The van der Waals surface area contributed by atoms with Crippen LogP contribution in [0.2, 0.25) is 0 Å². The van der Waals surface area contributed by atoms with Gasteiger partial charge in [-0.3, -0.25) is 4.79 Å². The predicted molar refractivity (Wildman–Crippen MR) is 79.3 cm³/mol. The quantitative estimate of drug-likeness (QED) is 0.579. The van der Waals surface area contributed by atoms with Crippen LogP contribution in [0.25, 0.3) is 33.4 Å². The number of carbonyl (C=O) groups is 1. The van der Waals surface area contributed by atoms with Crippen molar-refractivity contribution in [1.29, 1.82) is 0 Å². The van der Waals surface area contributed by atoms with E-state index in [0.29, 0.717) is 21.2 Å². The third-order valence-corrected chi connectivity index (χ3v) is 3.92. The normalized spacial score (nSPS) is 14.4. The number of halogens is 2. The minimum absolute atomic E-state index is 0.217. The molecule has 0 N–H and O–H groups in total. The van der Waals surface area contributed by atoms with Crippen molar-refractivity contribution in [3.8, 4) is 0 Å². The van der Waals surface area contributed by atoms with Crippen LogP contribution in [0.15, 0.2) is 42.5 Å². The largest absolute Gasteiger partial charge is 0.294 e. The highest BCUT2D eigenvalue weighted by atomic mass is 19.1. The molecule has 0 atom stereocenters. The first-order valence-corrected chi connectivity index (χ1v) is 6.68. The molecule has 0 amide bonds. The summed E-state index contributed by atoms with van der Waals surface area (Å²) in [7, 11) is 0. The molecular formula is C18H10F2O. The summed E-state index contributed by atoms with van der Waals surface area (Å²) in [5.41, 5.74) is 0. The van der Waals surface area contributed by atoms with Crippen molar-refractivity contribution in [1.82, 2.24) is 0 Å². The van der Waals surface area contributed by atoms with Gasteiger partial charge in [0.15, 0.2) is 5.78 Å². The number of rotatable bonds is 0. The summed E-state index contributed by atoms with van der Waals surface area (Å²) < 4.78 is 28.3. The summed E-state index contributed by atoms with van der Waals surface area (Å²) in [6.07, 6.45) is 1.16. The van der Waals surface area contributed by atoms with Crippen LogP contribution in [0.3, 0.4) is 0 Å². The Hall–Kier alpha value is -2.55. The number of ketones is 1. The van der Waals surface area contributed by atoms with Gasteiger partial charge in [-0.1, -0.05) is 24.3 Å². The van der Waals surface area contributed by atoms with Gasteiger partial charge in [0.05, 0.1) is 6.42 Å². The van der Waals surface area contributed by atoms with Crippen LogP contribution >= 0.6 is 0 Å². The van der Waals surface area contributed by atoms with Crippen LogP contribution in [-0.2, 0) is 4.79 Å². The standard InChI is InChI=1S/C18H10F2O/c19-17-7-10-3-1-2-4-13(10)15-9-14-11(6-16(15)17)5-12(21)8-18(14)20/h1-7,9H,8H2. The number of fused-ring (bicyclic) bond motifs is 4. The highest BCUT2D eigenvalue weighted by Crippen LogP contribution is 2.26. The van der Waals surface area contributed by atoms with Gasteiger partial charge in [0.25, 0.3) is 0 Å². The Morgan fingerprint density at radius 1 is 0.905 bits per heavy atom. The van der Waals surface area contributed by atoms with E-state index in [4.69, 9.17) is 0 Å². The van der Waals surface area contributed by atoms with Gasteiger partial charge in [-0.2, -0.15) is 0 Å². The van der Waals surface area contributed by atoms with Gasteiger partial charge in [0, 0.05) is 10.6 Å². The monoisotopic (exact) mass is 280 g/mol. The van der Waals surface area contributed by atoms with E-state index in [1.807, 2.05) is 24.3 Å². The Balaban J connectivity index is 2.30. The van der Waals surface area contributed by atoms with Crippen molar-refractivity contribution in [2.45, 2.75) is 6.42 Å². The van der Waals surface area contributed by atoms with Gasteiger partial charge in [-0.25, -0.2) is 8.78 Å². The molecule has 0 aromatic heterocycles. The minimum Gasteiger partial charge on any atom is -0.294 e. The third kappa shape index (κ3) is 1.77. The maximum atomic E-state index is 14.3. The van der Waals surface area contributed by atoms with Gasteiger partial charge in [0.2, 0.25) is 0 Å². The lowest BCUT2D eigenvalue weighted by atomic mass is 9.97. The van der Waals surface area contributed by atoms with Crippen molar-refractivity contribution in [3.05, 3.63) is 58.7 Å². The molecule has 0 saturated carbocycles. The van der Waals surface area contributed by atoms with Crippen LogP contribution in [0.4, 0.5) is 8.78 Å². The molecule has 3 aromatic carbocycles. The van der Waals surface area contributed by atoms with Crippen LogP contribution in [0.5, 0.6) is 0 Å². The number of hydrogen-bond acceptors (Lipinski definition) is 1. The number of Topliss-reactive ketones (excluding diaryl/α,β-unsaturated/α-hetero) is 1. The molecule has 3 heteroatoms. The first kappa shape index (κ1) is 12.2. The van der Waals surface area contributed by atoms with E-state index in [0.717, 1.165) is 10.8 Å². The van der Waals surface area contributed by atoms with E-state index >= 15 is 0 Å². The van der Waals surface area contributed by atoms with Crippen LogP contribution in [-0.4, -0.2) is 5.78 Å². The molecule has 102 valence electrons. The Morgan fingerprint density at radius 3 is 2.57 bits per heavy atom. The second-order valence-electron chi connectivity index (χ2n) is 5.26. The Morgan fingerprint density at radius 2 is 1.71 bits per heavy atom. The van der Waals surface area contributed by atoms with Gasteiger partial charge in [-0.15, -0.1) is 0 Å². The van der Waals surface area contributed by atoms with E-state index in [1.54, 1.807) is 12.1 Å². The van der Waals surface area contributed by atoms with E-state index in [9.17, 15) is 13.6 Å². The fourth-order valence-electron chi connectivity index (χ4n) is 2.95. The van der Waals surface area contributed by atoms with Crippen molar-refractivity contribution < 1.29 is 13.6 Å². The van der Waals surface area contributed by atoms with Gasteiger partial charge in [-0.05, 0) is 45.7 Å². The second-order valence-corrected chi connectivity index (χ2v) is 5.26. The third-order valence-electron chi connectivity index (χ3n) is 3.92. The molecular weight excluding hydrogens is 270 g/mol. The topological polar surface area (TPSA) is 17.1 Å². The first-order chi connectivity index (χ1) is 10.1. The van der Waals surface area contributed by atoms with Gasteiger partial charge < -0.3 is 0 Å². The zero-order chi connectivity index (χ0) is 14.6. The van der Waals surface area contributed by atoms with Gasteiger partial charge in [0.1, 0.15) is 11.6 Å². The molecule has 1 nitrogen and oxygen atoms in total. The number of carbonyl (C=O) groups excluding carboxylic acids is 1. The van der Waals surface area contributed by atoms with E-state index < -0.39 is 5.83 Å². The summed E-state index contributed by atoms with van der Waals surface area (Å²) in [4.78, 5) is 11.5.